The van der Waals surface area contributed by atoms with Crippen LogP contribution in [-0.4, -0.2) is 31.0 Å². The van der Waals surface area contributed by atoms with Crippen molar-refractivity contribution in [3.05, 3.63) is 24.3 Å². The summed E-state index contributed by atoms with van der Waals surface area (Å²) < 4.78 is 29.4. The molecule has 1 atom stereocenters. The Labute approximate surface area is 133 Å². The normalized spacial score (nSPS) is 17.9. The summed E-state index contributed by atoms with van der Waals surface area (Å²) in [7, 11) is 0. The molecule has 1 aromatic carbocycles. The number of alkyl halides is 2. The second-order valence-electron chi connectivity index (χ2n) is 5.84. The Balaban J connectivity index is 2.09. The van der Waals surface area contributed by atoms with Gasteiger partial charge >= 0.3 is 6.61 Å². The van der Waals surface area contributed by atoms with E-state index in [2.05, 4.69) is 10.1 Å². The van der Waals surface area contributed by atoms with Gasteiger partial charge < -0.3 is 15.0 Å². The van der Waals surface area contributed by atoms with Gasteiger partial charge in [-0.05, 0) is 24.5 Å². The Bertz CT molecular complexity index is 578. The first-order valence-electron chi connectivity index (χ1n) is 7.53. The van der Waals surface area contributed by atoms with Gasteiger partial charge in [-0.2, -0.15) is 8.78 Å². The lowest BCUT2D eigenvalue weighted by Crippen LogP contribution is -2.41. The highest BCUT2D eigenvalue weighted by molar-refractivity contribution is 6.02. The standard InChI is InChI=1S/C16H20F2N2O3/c1-10(2)9-14(21)19-11-7-8-20(15(11)22)12-5-3-4-6-13(12)23-16(17)18/h3-6,10-11,16H,7-9H2,1-2H3,(H,19,21). The van der Waals surface area contributed by atoms with Gasteiger partial charge in [0, 0.05) is 13.0 Å². The van der Waals surface area contributed by atoms with Crippen molar-refractivity contribution in [1.82, 2.24) is 5.32 Å². The predicted octanol–water partition coefficient (Wildman–Crippen LogP) is 2.56. The number of ether oxygens (including phenoxy) is 1. The molecule has 1 aromatic rings. The van der Waals surface area contributed by atoms with Crippen LogP contribution in [0.4, 0.5) is 14.5 Å². The molecule has 1 saturated heterocycles. The molecule has 23 heavy (non-hydrogen) atoms. The number of hydrogen-bond donors (Lipinski definition) is 1. The quantitative estimate of drug-likeness (QED) is 0.874. The number of para-hydroxylation sites is 2. The van der Waals surface area contributed by atoms with E-state index in [1.807, 2.05) is 13.8 Å². The Morgan fingerprint density at radius 1 is 1.39 bits per heavy atom. The molecular weight excluding hydrogens is 306 g/mol. The van der Waals surface area contributed by atoms with E-state index >= 15 is 0 Å². The van der Waals surface area contributed by atoms with Crippen molar-refractivity contribution in [1.29, 1.82) is 0 Å². The van der Waals surface area contributed by atoms with Gasteiger partial charge in [0.15, 0.2) is 0 Å². The molecule has 0 aromatic heterocycles. The fourth-order valence-corrected chi connectivity index (χ4v) is 2.55. The number of rotatable bonds is 6. The van der Waals surface area contributed by atoms with Crippen molar-refractivity contribution in [2.75, 3.05) is 11.4 Å². The number of carbonyl (C=O) groups excluding carboxylic acids is 2. The maximum absolute atomic E-state index is 12.5. The van der Waals surface area contributed by atoms with Gasteiger partial charge in [-0.15, -0.1) is 0 Å². The molecule has 1 aliphatic heterocycles. The summed E-state index contributed by atoms with van der Waals surface area (Å²) in [6.45, 7) is 1.21. The summed E-state index contributed by atoms with van der Waals surface area (Å²) >= 11 is 0. The average Bonchev–Trinajstić information content (AvgIpc) is 2.79. The Kier molecular flexibility index (Phi) is 5.52. The fourth-order valence-electron chi connectivity index (χ4n) is 2.55. The van der Waals surface area contributed by atoms with Gasteiger partial charge in [0.2, 0.25) is 11.8 Å². The average molecular weight is 326 g/mol. The first-order chi connectivity index (χ1) is 10.9. The van der Waals surface area contributed by atoms with E-state index < -0.39 is 12.7 Å². The molecule has 1 N–H and O–H groups in total. The molecule has 2 rings (SSSR count). The van der Waals surface area contributed by atoms with Crippen molar-refractivity contribution >= 4 is 17.5 Å². The molecule has 0 spiro atoms. The van der Waals surface area contributed by atoms with E-state index in [1.165, 1.54) is 11.0 Å². The Morgan fingerprint density at radius 3 is 2.74 bits per heavy atom. The number of amides is 2. The van der Waals surface area contributed by atoms with E-state index in [0.29, 0.717) is 25.1 Å². The van der Waals surface area contributed by atoms with Crippen LogP contribution in [0.2, 0.25) is 0 Å². The monoisotopic (exact) mass is 326 g/mol. The van der Waals surface area contributed by atoms with Gasteiger partial charge in [0.1, 0.15) is 11.8 Å². The Morgan fingerprint density at radius 2 is 2.09 bits per heavy atom. The minimum absolute atomic E-state index is 0.0509. The molecule has 0 saturated carbocycles. The molecule has 2 amide bonds. The first-order valence-corrected chi connectivity index (χ1v) is 7.53. The summed E-state index contributed by atoms with van der Waals surface area (Å²) in [6, 6.07) is 5.52. The number of halogens is 2. The summed E-state index contributed by atoms with van der Waals surface area (Å²) in [5.41, 5.74) is 0.290. The maximum atomic E-state index is 12.5. The molecule has 7 heteroatoms. The first kappa shape index (κ1) is 17.2. The van der Waals surface area contributed by atoms with Crippen LogP contribution in [-0.2, 0) is 9.59 Å². The fraction of sp³-hybridized carbons (Fsp3) is 0.500. The molecule has 0 radical (unpaired) electrons. The molecule has 0 bridgehead atoms. The highest BCUT2D eigenvalue weighted by atomic mass is 19.3. The number of hydrogen-bond acceptors (Lipinski definition) is 3. The van der Waals surface area contributed by atoms with E-state index in [1.54, 1.807) is 18.2 Å². The van der Waals surface area contributed by atoms with Crippen molar-refractivity contribution < 1.29 is 23.1 Å². The smallest absolute Gasteiger partial charge is 0.387 e. The molecule has 1 unspecified atom stereocenters. The molecule has 0 aliphatic carbocycles. The van der Waals surface area contributed by atoms with Crippen LogP contribution in [0.25, 0.3) is 0 Å². The number of carbonyl (C=O) groups is 2. The van der Waals surface area contributed by atoms with Crippen molar-refractivity contribution in [2.45, 2.75) is 39.3 Å². The number of nitrogens with one attached hydrogen (secondary N) is 1. The topological polar surface area (TPSA) is 58.6 Å². The highest BCUT2D eigenvalue weighted by Crippen LogP contribution is 2.32. The van der Waals surface area contributed by atoms with Crippen LogP contribution in [0.3, 0.4) is 0 Å². The number of anilines is 1. The number of nitrogens with zero attached hydrogens (tertiary/aromatic N) is 1. The van der Waals surface area contributed by atoms with Crippen LogP contribution >= 0.6 is 0 Å². The van der Waals surface area contributed by atoms with Crippen molar-refractivity contribution in [3.8, 4) is 5.75 Å². The van der Waals surface area contributed by atoms with Gasteiger partial charge in [0.25, 0.3) is 0 Å². The third-order valence-corrected chi connectivity index (χ3v) is 3.51. The third-order valence-electron chi connectivity index (χ3n) is 3.51. The van der Waals surface area contributed by atoms with Crippen LogP contribution < -0.4 is 15.0 Å². The largest absolute Gasteiger partial charge is 0.433 e. The zero-order chi connectivity index (χ0) is 17.0. The molecule has 5 nitrogen and oxygen atoms in total. The summed E-state index contributed by atoms with van der Waals surface area (Å²) in [6.07, 6.45) is 0.778. The molecule has 1 heterocycles. The van der Waals surface area contributed by atoms with E-state index in [4.69, 9.17) is 0 Å². The summed E-state index contributed by atoms with van der Waals surface area (Å²) in [5.74, 6) is -0.350. The molecule has 126 valence electrons. The molecule has 1 fully saturated rings. The van der Waals surface area contributed by atoms with Crippen LogP contribution in [0.15, 0.2) is 24.3 Å². The van der Waals surface area contributed by atoms with Gasteiger partial charge in [-0.3, -0.25) is 9.59 Å². The minimum atomic E-state index is -2.96. The van der Waals surface area contributed by atoms with Crippen LogP contribution in [0.1, 0.15) is 26.7 Å². The van der Waals surface area contributed by atoms with E-state index in [-0.39, 0.29) is 23.5 Å². The summed E-state index contributed by atoms with van der Waals surface area (Å²) in [5, 5.41) is 2.70. The lowest BCUT2D eigenvalue weighted by atomic mass is 10.1. The second-order valence-corrected chi connectivity index (χ2v) is 5.84. The lowest BCUT2D eigenvalue weighted by Gasteiger charge is -2.20. The van der Waals surface area contributed by atoms with Crippen LogP contribution in [0, 0.1) is 5.92 Å². The van der Waals surface area contributed by atoms with Crippen molar-refractivity contribution in [2.24, 2.45) is 5.92 Å². The van der Waals surface area contributed by atoms with Crippen LogP contribution in [0.5, 0.6) is 5.75 Å². The highest BCUT2D eigenvalue weighted by Gasteiger charge is 2.35. The Hall–Kier alpha value is -2.18. The van der Waals surface area contributed by atoms with E-state index in [9.17, 15) is 18.4 Å². The van der Waals surface area contributed by atoms with E-state index in [0.717, 1.165) is 0 Å². The molecule has 1 aliphatic rings. The minimum Gasteiger partial charge on any atom is -0.433 e. The number of benzene rings is 1. The zero-order valence-electron chi connectivity index (χ0n) is 13.1. The summed E-state index contributed by atoms with van der Waals surface area (Å²) in [4.78, 5) is 25.6. The second kappa shape index (κ2) is 7.39. The SMILES string of the molecule is CC(C)CC(=O)NC1CCN(c2ccccc2OC(F)F)C1=O. The lowest BCUT2D eigenvalue weighted by molar-refractivity contribution is -0.126. The van der Waals surface area contributed by atoms with Gasteiger partial charge in [0.05, 0.1) is 5.69 Å². The zero-order valence-corrected chi connectivity index (χ0v) is 13.1. The third kappa shape index (κ3) is 4.40. The van der Waals surface area contributed by atoms with Crippen molar-refractivity contribution in [3.63, 3.8) is 0 Å². The van der Waals surface area contributed by atoms with Gasteiger partial charge in [-0.25, -0.2) is 0 Å². The maximum Gasteiger partial charge on any atom is 0.387 e. The predicted molar refractivity (Wildman–Crippen MR) is 81.4 cm³/mol. The molecular formula is C16H20F2N2O3. The van der Waals surface area contributed by atoms with Gasteiger partial charge in [-0.1, -0.05) is 26.0 Å².